The van der Waals surface area contributed by atoms with Crippen LogP contribution in [0.3, 0.4) is 0 Å². The van der Waals surface area contributed by atoms with Gasteiger partial charge < -0.3 is 4.90 Å². The molecule has 1 aliphatic carbocycles. The number of piperidine rings is 1. The average Bonchev–Trinajstić information content (AvgIpc) is 1.92. The van der Waals surface area contributed by atoms with Crippen molar-refractivity contribution in [1.82, 2.24) is 4.90 Å². The molecule has 0 spiro atoms. The molecule has 11 heavy (non-hydrogen) atoms. The molecule has 0 N–H and O–H groups in total. The molecule has 2 atom stereocenters. The van der Waals surface area contributed by atoms with Crippen LogP contribution in [0.5, 0.6) is 0 Å². The van der Waals surface area contributed by atoms with Gasteiger partial charge in [-0.1, -0.05) is 6.42 Å². The van der Waals surface area contributed by atoms with Gasteiger partial charge in [0.2, 0.25) is 0 Å². The molecule has 2 fully saturated rings. The van der Waals surface area contributed by atoms with Gasteiger partial charge in [-0.2, -0.15) is 0 Å². The lowest BCUT2D eigenvalue weighted by atomic mass is 9.77. The first-order valence-corrected chi connectivity index (χ1v) is 4.49. The van der Waals surface area contributed by atoms with Crippen LogP contribution in [0.4, 0.5) is 0 Å². The van der Waals surface area contributed by atoms with E-state index in [-0.39, 0.29) is 0 Å². The Labute approximate surface area is 67.6 Å². The van der Waals surface area contributed by atoms with E-state index in [0.717, 1.165) is 25.9 Å². The van der Waals surface area contributed by atoms with Crippen LogP contribution < -0.4 is 0 Å². The largest absolute Gasteiger partial charge is 0.305 e. The molecule has 0 radical (unpaired) electrons. The summed E-state index contributed by atoms with van der Waals surface area (Å²) in [4.78, 5) is 13.8. The van der Waals surface area contributed by atoms with Crippen LogP contribution >= 0.6 is 0 Å². The predicted molar refractivity (Wildman–Crippen MR) is 43.3 cm³/mol. The van der Waals surface area contributed by atoms with Gasteiger partial charge in [-0.05, 0) is 19.9 Å². The molecule has 1 saturated carbocycles. The van der Waals surface area contributed by atoms with Crippen LogP contribution in [-0.2, 0) is 4.79 Å². The number of rotatable bonds is 0. The maximum atomic E-state index is 11.5. The summed E-state index contributed by atoms with van der Waals surface area (Å²) in [5.41, 5.74) is 0. The van der Waals surface area contributed by atoms with E-state index in [1.54, 1.807) is 0 Å². The Kier molecular flexibility index (Phi) is 1.72. The standard InChI is InChI=1S/C9H15NO/c1-10-5-7-3-2-4-8(6-10)9(7)11/h7-8H,2-6H2,1H3/t7-,8-/m1/s1. The van der Waals surface area contributed by atoms with Gasteiger partial charge in [0.15, 0.2) is 0 Å². The highest BCUT2D eigenvalue weighted by Crippen LogP contribution is 2.30. The molecular weight excluding hydrogens is 138 g/mol. The number of fused-ring (bicyclic) bond motifs is 2. The van der Waals surface area contributed by atoms with Crippen molar-refractivity contribution >= 4 is 5.78 Å². The van der Waals surface area contributed by atoms with Crippen molar-refractivity contribution in [3.63, 3.8) is 0 Å². The number of likely N-dealkylation sites (tertiary alicyclic amines) is 1. The van der Waals surface area contributed by atoms with Crippen molar-refractivity contribution in [2.75, 3.05) is 20.1 Å². The minimum Gasteiger partial charge on any atom is -0.305 e. The molecule has 2 rings (SSSR count). The van der Waals surface area contributed by atoms with E-state index in [1.165, 1.54) is 6.42 Å². The van der Waals surface area contributed by atoms with Crippen molar-refractivity contribution in [3.8, 4) is 0 Å². The lowest BCUT2D eigenvalue weighted by Gasteiger charge is -2.38. The Hall–Kier alpha value is -0.370. The van der Waals surface area contributed by atoms with E-state index in [1.807, 2.05) is 0 Å². The molecule has 1 saturated heterocycles. The van der Waals surface area contributed by atoms with Gasteiger partial charge in [0.1, 0.15) is 5.78 Å². The number of nitrogens with zero attached hydrogens (tertiary/aromatic N) is 1. The van der Waals surface area contributed by atoms with Gasteiger partial charge in [-0.15, -0.1) is 0 Å². The predicted octanol–water partition coefficient (Wildman–Crippen LogP) is 0.917. The van der Waals surface area contributed by atoms with Crippen molar-refractivity contribution in [2.24, 2.45) is 11.8 Å². The molecule has 1 aliphatic heterocycles. The number of ketones is 1. The molecule has 0 aromatic carbocycles. The molecule has 0 aromatic rings. The van der Waals surface area contributed by atoms with Crippen LogP contribution in [0.15, 0.2) is 0 Å². The highest BCUT2D eigenvalue weighted by molar-refractivity contribution is 5.85. The second-order valence-corrected chi connectivity index (χ2v) is 3.95. The Morgan fingerprint density at radius 1 is 1.27 bits per heavy atom. The maximum Gasteiger partial charge on any atom is 0.141 e. The monoisotopic (exact) mass is 153 g/mol. The summed E-state index contributed by atoms with van der Waals surface area (Å²) in [5, 5.41) is 0. The van der Waals surface area contributed by atoms with Crippen LogP contribution in [0.25, 0.3) is 0 Å². The summed E-state index contributed by atoms with van der Waals surface area (Å²) in [6, 6.07) is 0. The fraction of sp³-hybridized carbons (Fsp3) is 0.889. The first kappa shape index (κ1) is 7.29. The normalized spacial score (nSPS) is 39.2. The summed E-state index contributed by atoms with van der Waals surface area (Å²) in [7, 11) is 2.12. The number of hydrogen-bond donors (Lipinski definition) is 0. The summed E-state index contributed by atoms with van der Waals surface area (Å²) in [6.07, 6.45) is 3.55. The van der Waals surface area contributed by atoms with Gasteiger partial charge in [0, 0.05) is 24.9 Å². The van der Waals surface area contributed by atoms with E-state index in [2.05, 4.69) is 11.9 Å². The second-order valence-electron chi connectivity index (χ2n) is 3.95. The zero-order valence-corrected chi connectivity index (χ0v) is 7.05. The Bertz CT molecular complexity index is 162. The summed E-state index contributed by atoms with van der Waals surface area (Å²) >= 11 is 0. The van der Waals surface area contributed by atoms with E-state index in [9.17, 15) is 4.79 Å². The highest BCUT2D eigenvalue weighted by atomic mass is 16.1. The average molecular weight is 153 g/mol. The zero-order chi connectivity index (χ0) is 7.84. The second kappa shape index (κ2) is 2.59. The molecule has 62 valence electrons. The van der Waals surface area contributed by atoms with Gasteiger partial charge in [0.05, 0.1) is 0 Å². The quantitative estimate of drug-likeness (QED) is 0.515. The molecule has 2 heteroatoms. The van der Waals surface area contributed by atoms with Crippen LogP contribution in [0.2, 0.25) is 0 Å². The molecule has 0 aromatic heterocycles. The molecular formula is C9H15NO. The van der Waals surface area contributed by atoms with Crippen molar-refractivity contribution in [3.05, 3.63) is 0 Å². The van der Waals surface area contributed by atoms with Gasteiger partial charge in [-0.3, -0.25) is 4.79 Å². The SMILES string of the molecule is CN1C[C@H]2CCC[C@H](C1)C2=O. The van der Waals surface area contributed by atoms with E-state index in [0.29, 0.717) is 17.6 Å². The fourth-order valence-corrected chi connectivity index (χ4v) is 2.42. The minimum atomic E-state index is 0.382. The topological polar surface area (TPSA) is 20.3 Å². The smallest absolute Gasteiger partial charge is 0.141 e. The van der Waals surface area contributed by atoms with Crippen molar-refractivity contribution in [1.29, 1.82) is 0 Å². The van der Waals surface area contributed by atoms with E-state index >= 15 is 0 Å². The lowest BCUT2D eigenvalue weighted by Crippen LogP contribution is -2.47. The third-order valence-electron chi connectivity index (χ3n) is 2.97. The van der Waals surface area contributed by atoms with Crippen molar-refractivity contribution < 1.29 is 4.79 Å². The minimum absolute atomic E-state index is 0.382. The fourth-order valence-electron chi connectivity index (χ4n) is 2.42. The van der Waals surface area contributed by atoms with E-state index in [4.69, 9.17) is 0 Å². The zero-order valence-electron chi connectivity index (χ0n) is 7.05. The molecule has 0 unspecified atom stereocenters. The third kappa shape index (κ3) is 1.20. The summed E-state index contributed by atoms with van der Waals surface area (Å²) < 4.78 is 0. The van der Waals surface area contributed by atoms with Gasteiger partial charge in [0.25, 0.3) is 0 Å². The molecule has 2 aliphatic rings. The van der Waals surface area contributed by atoms with Crippen LogP contribution in [-0.4, -0.2) is 30.8 Å². The Morgan fingerprint density at radius 3 is 2.36 bits per heavy atom. The maximum absolute atomic E-state index is 11.5. The van der Waals surface area contributed by atoms with Gasteiger partial charge in [-0.25, -0.2) is 0 Å². The number of hydrogen-bond acceptors (Lipinski definition) is 2. The summed E-state index contributed by atoms with van der Waals surface area (Å²) in [6.45, 7) is 2.02. The molecule has 0 amide bonds. The third-order valence-corrected chi connectivity index (χ3v) is 2.97. The number of carbonyl (C=O) groups is 1. The number of carbonyl (C=O) groups excluding carboxylic acids is 1. The van der Waals surface area contributed by atoms with Crippen molar-refractivity contribution in [2.45, 2.75) is 19.3 Å². The Morgan fingerprint density at radius 2 is 1.82 bits per heavy atom. The highest BCUT2D eigenvalue weighted by Gasteiger charge is 2.36. The van der Waals surface area contributed by atoms with E-state index < -0.39 is 0 Å². The molecule has 2 bridgehead atoms. The molecule has 2 nitrogen and oxygen atoms in total. The first-order chi connectivity index (χ1) is 5.27. The molecule has 1 heterocycles. The van der Waals surface area contributed by atoms with Crippen LogP contribution in [0, 0.1) is 11.8 Å². The lowest BCUT2D eigenvalue weighted by molar-refractivity contribution is -0.133. The number of Topliss-reactive ketones (excluding diaryl/α,β-unsaturated/α-hetero) is 1. The Balaban J connectivity index is 2.13. The van der Waals surface area contributed by atoms with Gasteiger partial charge >= 0.3 is 0 Å². The summed E-state index contributed by atoms with van der Waals surface area (Å²) in [5.74, 6) is 1.31. The first-order valence-electron chi connectivity index (χ1n) is 4.49. The van der Waals surface area contributed by atoms with Crippen LogP contribution in [0.1, 0.15) is 19.3 Å².